The molecule has 2 aliphatic rings. The summed E-state index contributed by atoms with van der Waals surface area (Å²) >= 11 is 1.26. The minimum atomic E-state index is -0.517. The Labute approximate surface area is 192 Å². The number of benzene rings is 2. The molecule has 0 fully saturated rings. The molecule has 2 aliphatic heterocycles. The number of nitrogens with one attached hydrogen (secondary N) is 1. The predicted molar refractivity (Wildman–Crippen MR) is 128 cm³/mol. The first kappa shape index (κ1) is 20.6. The fraction of sp³-hybridized carbons (Fsp3) is 0.0435. The molecule has 162 valence electrons. The van der Waals surface area contributed by atoms with Crippen molar-refractivity contribution in [1.29, 1.82) is 5.41 Å². The molecule has 1 N–H and O–H groups in total. The van der Waals surface area contributed by atoms with Gasteiger partial charge in [0, 0.05) is 35.3 Å². The van der Waals surface area contributed by atoms with E-state index in [0.717, 1.165) is 11.1 Å². The molecule has 0 atom stereocenters. The molecule has 1 aromatic heterocycles. The lowest BCUT2D eigenvalue weighted by Gasteiger charge is -2.20. The number of carbonyl (C=O) groups is 1. The molecule has 0 radical (unpaired) electrons. The van der Waals surface area contributed by atoms with Crippen molar-refractivity contribution in [2.24, 2.45) is 10.1 Å². The number of amides is 1. The highest BCUT2D eigenvalue weighted by Gasteiger charge is 2.36. The van der Waals surface area contributed by atoms with Gasteiger partial charge in [-0.15, -0.1) is 0 Å². The summed E-state index contributed by atoms with van der Waals surface area (Å²) in [5.41, 5.74) is 3.39. The summed E-state index contributed by atoms with van der Waals surface area (Å²) in [6, 6.07) is 17.4. The number of aromatic nitrogens is 1. The van der Waals surface area contributed by atoms with Crippen LogP contribution in [0.2, 0.25) is 0 Å². The van der Waals surface area contributed by atoms with E-state index < -0.39 is 10.8 Å². The molecular weight excluding hydrogens is 440 g/mol. The van der Waals surface area contributed by atoms with Gasteiger partial charge in [-0.25, -0.2) is 0 Å². The number of nitro groups is 1. The first-order valence-electron chi connectivity index (χ1n) is 9.91. The molecule has 1 amide bonds. The third-order valence-corrected chi connectivity index (χ3v) is 6.18. The summed E-state index contributed by atoms with van der Waals surface area (Å²) in [7, 11) is 0. The van der Waals surface area contributed by atoms with Crippen LogP contribution in [-0.2, 0) is 4.79 Å². The van der Waals surface area contributed by atoms with E-state index in [1.165, 1.54) is 28.9 Å². The average Bonchev–Trinajstić information content (AvgIpc) is 3.44. The summed E-state index contributed by atoms with van der Waals surface area (Å²) in [4.78, 5) is 27.4. The molecular formula is C23H16N6O3S. The summed E-state index contributed by atoms with van der Waals surface area (Å²) in [6.07, 6.45) is 3.36. The Morgan fingerprint density at radius 1 is 1.09 bits per heavy atom. The van der Waals surface area contributed by atoms with Crippen LogP contribution >= 0.6 is 11.8 Å². The highest BCUT2D eigenvalue weighted by Crippen LogP contribution is 2.32. The molecule has 3 aromatic rings. The van der Waals surface area contributed by atoms with Crippen molar-refractivity contribution in [2.45, 2.75) is 6.92 Å². The number of hydrogen-bond donors (Lipinski definition) is 1. The number of nitrogens with zero attached hydrogens (tertiary/aromatic N) is 5. The van der Waals surface area contributed by atoms with Gasteiger partial charge in [0.15, 0.2) is 5.84 Å². The average molecular weight is 456 g/mol. The largest absolute Gasteiger partial charge is 0.317 e. The number of aryl methyl sites for hydroxylation is 1. The molecule has 0 unspecified atom stereocenters. The van der Waals surface area contributed by atoms with Crippen LogP contribution in [0.3, 0.4) is 0 Å². The van der Waals surface area contributed by atoms with Crippen LogP contribution in [-0.4, -0.2) is 36.5 Å². The zero-order chi connectivity index (χ0) is 23.1. The van der Waals surface area contributed by atoms with Crippen molar-refractivity contribution < 1.29 is 9.72 Å². The molecule has 0 bridgehead atoms. The lowest BCUT2D eigenvalue weighted by Crippen LogP contribution is -2.35. The number of non-ortho nitro benzene ring substituents is 1. The highest BCUT2D eigenvalue weighted by molar-refractivity contribution is 8.27. The smallest absolute Gasteiger partial charge is 0.283 e. The van der Waals surface area contributed by atoms with Crippen LogP contribution in [0.1, 0.15) is 16.8 Å². The van der Waals surface area contributed by atoms with E-state index in [4.69, 9.17) is 5.41 Å². The van der Waals surface area contributed by atoms with Crippen LogP contribution in [0.5, 0.6) is 0 Å². The summed E-state index contributed by atoms with van der Waals surface area (Å²) in [5, 5.41) is 26.5. The van der Waals surface area contributed by atoms with Crippen molar-refractivity contribution >= 4 is 45.5 Å². The maximum absolute atomic E-state index is 12.8. The number of aliphatic imine (C=N–C) groups is 1. The van der Waals surface area contributed by atoms with E-state index in [0.29, 0.717) is 21.6 Å². The summed E-state index contributed by atoms with van der Waals surface area (Å²) in [6.45, 7) is 1.98. The van der Waals surface area contributed by atoms with Gasteiger partial charge in [-0.1, -0.05) is 24.3 Å². The molecule has 0 saturated heterocycles. The topological polar surface area (TPSA) is 117 Å². The van der Waals surface area contributed by atoms with Gasteiger partial charge in [-0.3, -0.25) is 20.3 Å². The van der Waals surface area contributed by atoms with Crippen molar-refractivity contribution in [3.8, 4) is 5.69 Å². The van der Waals surface area contributed by atoms with Crippen LogP contribution in [0.25, 0.3) is 11.8 Å². The number of amidine groups is 2. The second-order valence-corrected chi connectivity index (χ2v) is 8.27. The number of hydrazone groups is 1. The van der Waals surface area contributed by atoms with E-state index in [2.05, 4.69) is 10.1 Å². The Morgan fingerprint density at radius 3 is 2.58 bits per heavy atom. The van der Waals surface area contributed by atoms with E-state index >= 15 is 0 Å². The van der Waals surface area contributed by atoms with E-state index in [1.54, 1.807) is 41.1 Å². The zero-order valence-electron chi connectivity index (χ0n) is 17.3. The van der Waals surface area contributed by atoms with E-state index in [9.17, 15) is 14.9 Å². The second-order valence-electron chi connectivity index (χ2n) is 7.32. The van der Waals surface area contributed by atoms with Crippen LogP contribution in [0, 0.1) is 22.4 Å². The van der Waals surface area contributed by atoms with Crippen molar-refractivity contribution in [1.82, 2.24) is 9.58 Å². The molecule has 10 heteroatoms. The van der Waals surface area contributed by atoms with Crippen LogP contribution in [0.4, 0.5) is 5.69 Å². The first-order chi connectivity index (χ1) is 15.9. The number of nitro benzene ring substituents is 1. The minimum Gasteiger partial charge on any atom is -0.317 e. The first-order valence-corrected chi connectivity index (χ1v) is 10.7. The Morgan fingerprint density at radius 2 is 1.85 bits per heavy atom. The lowest BCUT2D eigenvalue weighted by molar-refractivity contribution is -0.384. The van der Waals surface area contributed by atoms with Gasteiger partial charge in [0.1, 0.15) is 5.04 Å². The molecule has 0 saturated carbocycles. The number of hydrogen-bond acceptors (Lipinski definition) is 6. The van der Waals surface area contributed by atoms with Gasteiger partial charge in [0.05, 0.1) is 10.5 Å². The molecule has 0 spiro atoms. The molecule has 9 nitrogen and oxygen atoms in total. The van der Waals surface area contributed by atoms with E-state index in [-0.39, 0.29) is 17.1 Å². The maximum Gasteiger partial charge on any atom is 0.283 e. The number of fused-ring (bicyclic) bond motifs is 1. The number of thioether (sulfide) groups is 1. The molecule has 33 heavy (non-hydrogen) atoms. The van der Waals surface area contributed by atoms with Gasteiger partial charge in [0.25, 0.3) is 11.6 Å². The van der Waals surface area contributed by atoms with Crippen molar-refractivity contribution in [3.05, 3.63) is 99.4 Å². The Kier molecular flexibility index (Phi) is 4.98. The normalized spacial score (nSPS) is 16.6. The third-order valence-electron chi connectivity index (χ3n) is 5.24. The molecule has 5 rings (SSSR count). The Balaban J connectivity index is 1.49. The maximum atomic E-state index is 12.8. The molecule has 3 heterocycles. The quantitative estimate of drug-likeness (QED) is 0.356. The van der Waals surface area contributed by atoms with Crippen LogP contribution in [0.15, 0.2) is 82.5 Å². The van der Waals surface area contributed by atoms with Gasteiger partial charge < -0.3 is 4.57 Å². The van der Waals surface area contributed by atoms with Gasteiger partial charge in [0.2, 0.25) is 5.17 Å². The molecule has 2 aromatic carbocycles. The number of carbonyl (C=O) groups excluding carboxylic acids is 1. The van der Waals surface area contributed by atoms with Gasteiger partial charge in [-0.2, -0.15) is 15.1 Å². The van der Waals surface area contributed by atoms with Crippen molar-refractivity contribution in [3.63, 3.8) is 0 Å². The Hall–Kier alpha value is -4.31. The van der Waals surface area contributed by atoms with E-state index in [1.807, 2.05) is 31.2 Å². The van der Waals surface area contributed by atoms with Gasteiger partial charge in [-0.05, 0) is 54.6 Å². The highest BCUT2D eigenvalue weighted by atomic mass is 32.2. The fourth-order valence-electron chi connectivity index (χ4n) is 3.54. The monoisotopic (exact) mass is 456 g/mol. The van der Waals surface area contributed by atoms with Crippen LogP contribution < -0.4 is 0 Å². The number of rotatable bonds is 4. The summed E-state index contributed by atoms with van der Waals surface area (Å²) in [5.74, 6) is -0.575. The standard InChI is InChI=1S/C23H16N6O3S/c1-14-5-2-3-7-18(14)22-26-28-20(24)19(21(30)25-23(28)33-22)13-17-6-4-12-27(17)15-8-10-16(11-9-15)29(31)32/h2-13,24H,1H3/b19-13-,24-20?. The molecule has 0 aliphatic carbocycles. The third kappa shape index (κ3) is 3.66. The lowest BCUT2D eigenvalue weighted by atomic mass is 10.1. The Bertz CT molecular complexity index is 1420. The minimum absolute atomic E-state index is 0.00855. The van der Waals surface area contributed by atoms with Gasteiger partial charge >= 0.3 is 0 Å². The SMILES string of the molecule is Cc1ccccc1C1=NN2C(=N)/C(=C/c3cccn3-c3ccc([N+](=O)[O-])cc3)C(=O)N=C2S1. The second kappa shape index (κ2) is 7.99. The zero-order valence-corrected chi connectivity index (χ0v) is 18.1. The predicted octanol–water partition coefficient (Wildman–Crippen LogP) is 4.36. The van der Waals surface area contributed by atoms with Crippen molar-refractivity contribution in [2.75, 3.05) is 0 Å². The summed E-state index contributed by atoms with van der Waals surface area (Å²) < 4.78 is 1.78. The fourth-order valence-corrected chi connectivity index (χ4v) is 4.53.